The number of aliphatic hydroxyl groups is 1. The largest absolute Gasteiger partial charge is 0.393 e. The van der Waals surface area contributed by atoms with E-state index in [1.165, 1.54) is 16.7 Å². The third-order valence-electron chi connectivity index (χ3n) is 8.23. The van der Waals surface area contributed by atoms with Gasteiger partial charge in [0.2, 0.25) is 5.95 Å². The Morgan fingerprint density at radius 3 is 2.39 bits per heavy atom. The smallest absolute Gasteiger partial charge is 0.224 e. The zero-order valence-electron chi connectivity index (χ0n) is 23.4. The molecule has 1 aromatic carbocycles. The molecule has 0 spiro atoms. The first kappa shape index (κ1) is 27.1. The maximum absolute atomic E-state index is 10.1. The molecule has 38 heavy (non-hydrogen) atoms. The molecule has 1 aliphatic carbocycles. The summed E-state index contributed by atoms with van der Waals surface area (Å²) in [6, 6.07) is 10.1. The first-order valence-electron chi connectivity index (χ1n) is 14.3. The molecule has 0 amide bonds. The quantitative estimate of drug-likeness (QED) is 0.429. The predicted molar refractivity (Wildman–Crippen MR) is 153 cm³/mol. The summed E-state index contributed by atoms with van der Waals surface area (Å²) in [5, 5.41) is 14.5. The topological polar surface area (TPSA) is 78.7 Å². The number of anilines is 1. The van der Waals surface area contributed by atoms with Gasteiger partial charge in [0.05, 0.1) is 12.7 Å². The van der Waals surface area contributed by atoms with Crippen LogP contribution in [0.4, 0.5) is 5.95 Å². The Kier molecular flexibility index (Phi) is 8.63. The summed E-state index contributed by atoms with van der Waals surface area (Å²) >= 11 is 0. The number of hydrogen-bond donors (Lipinski definition) is 2. The highest BCUT2D eigenvalue weighted by Gasteiger charge is 2.25. The van der Waals surface area contributed by atoms with E-state index in [0.717, 1.165) is 69.4 Å². The number of piperazine rings is 1. The van der Waals surface area contributed by atoms with E-state index >= 15 is 0 Å². The molecule has 5 rings (SSSR count). The lowest BCUT2D eigenvalue weighted by Gasteiger charge is -2.36. The lowest BCUT2D eigenvalue weighted by Crippen LogP contribution is -2.48. The number of benzene rings is 1. The highest BCUT2D eigenvalue weighted by atomic mass is 16.5. The second-order valence-electron chi connectivity index (χ2n) is 11.4. The maximum Gasteiger partial charge on any atom is 0.224 e. The molecule has 8 heteroatoms. The van der Waals surface area contributed by atoms with Crippen molar-refractivity contribution >= 4 is 17.0 Å². The highest BCUT2D eigenvalue weighted by Crippen LogP contribution is 2.37. The molecule has 1 unspecified atom stereocenters. The van der Waals surface area contributed by atoms with Gasteiger partial charge >= 0.3 is 0 Å². The lowest BCUT2D eigenvalue weighted by atomic mass is 9.93. The van der Waals surface area contributed by atoms with E-state index in [1.54, 1.807) is 7.11 Å². The molecule has 1 saturated heterocycles. The highest BCUT2D eigenvalue weighted by molar-refractivity contribution is 5.94. The second-order valence-corrected chi connectivity index (χ2v) is 11.4. The third-order valence-corrected chi connectivity index (χ3v) is 8.23. The number of ether oxygens (including phenoxy) is 1. The SMILES string of the molecule is COCC(C)Nc1ncc2c(-c3ccc(CN4CCN(C(C)C)CC4)cc3)cn([C@H]3CC[C@H](O)CC3)c2n1. The standard InChI is InChI=1S/C30H44N6O2/c1-21(2)35-15-13-34(14-16-35)18-23-5-7-24(8-6-23)28-19-36(25-9-11-26(37)12-10-25)29-27(28)17-31-30(33-29)32-22(3)20-38-4/h5-8,17,19,21-22,25-26,37H,9-16,18,20H2,1-4H3,(H,31,32,33)/t22?,25-,26-. The summed E-state index contributed by atoms with van der Waals surface area (Å²) in [5.74, 6) is 0.622. The molecule has 206 valence electrons. The molecule has 0 radical (unpaired) electrons. The van der Waals surface area contributed by atoms with Gasteiger partial charge in [-0.1, -0.05) is 24.3 Å². The summed E-state index contributed by atoms with van der Waals surface area (Å²) < 4.78 is 7.60. The van der Waals surface area contributed by atoms with Crippen LogP contribution in [0.25, 0.3) is 22.2 Å². The lowest BCUT2D eigenvalue weighted by molar-refractivity contribution is 0.104. The summed E-state index contributed by atoms with van der Waals surface area (Å²) in [4.78, 5) is 14.7. The fourth-order valence-corrected chi connectivity index (χ4v) is 5.94. The summed E-state index contributed by atoms with van der Waals surface area (Å²) in [5.41, 5.74) is 4.66. The van der Waals surface area contributed by atoms with E-state index in [2.05, 4.69) is 75.9 Å². The molecule has 3 aromatic rings. The summed E-state index contributed by atoms with van der Waals surface area (Å²) in [6.07, 6.45) is 7.61. The van der Waals surface area contributed by atoms with Crippen LogP contribution in [-0.2, 0) is 11.3 Å². The van der Waals surface area contributed by atoms with Gasteiger partial charge in [0.25, 0.3) is 0 Å². The zero-order chi connectivity index (χ0) is 26.6. The van der Waals surface area contributed by atoms with Crippen molar-refractivity contribution in [2.45, 2.75) is 77.2 Å². The summed E-state index contributed by atoms with van der Waals surface area (Å²) in [6.45, 7) is 12.8. The van der Waals surface area contributed by atoms with Crippen molar-refractivity contribution in [1.82, 2.24) is 24.3 Å². The predicted octanol–water partition coefficient (Wildman–Crippen LogP) is 4.55. The normalized spacial score (nSPS) is 22.3. The van der Waals surface area contributed by atoms with E-state index in [-0.39, 0.29) is 12.1 Å². The minimum Gasteiger partial charge on any atom is -0.393 e. The van der Waals surface area contributed by atoms with Gasteiger partial charge < -0.3 is 19.7 Å². The van der Waals surface area contributed by atoms with Crippen LogP contribution in [0.1, 0.15) is 58.1 Å². The average molecular weight is 521 g/mol. The molecule has 0 bridgehead atoms. The third kappa shape index (κ3) is 6.20. The Morgan fingerprint density at radius 1 is 1.03 bits per heavy atom. The molecule has 1 saturated carbocycles. The molecule has 8 nitrogen and oxygen atoms in total. The number of methoxy groups -OCH3 is 1. The van der Waals surface area contributed by atoms with Gasteiger partial charge in [0, 0.05) is 81.3 Å². The Labute approximate surface area is 227 Å². The number of aliphatic hydroxyl groups excluding tert-OH is 1. The van der Waals surface area contributed by atoms with Crippen molar-refractivity contribution in [2.24, 2.45) is 0 Å². The van der Waals surface area contributed by atoms with Crippen LogP contribution in [0.15, 0.2) is 36.7 Å². The maximum atomic E-state index is 10.1. The van der Waals surface area contributed by atoms with Crippen LogP contribution in [-0.4, -0.2) is 87.5 Å². The molecule has 2 N–H and O–H groups in total. The van der Waals surface area contributed by atoms with Gasteiger partial charge in [-0.05, 0) is 57.6 Å². The van der Waals surface area contributed by atoms with Gasteiger partial charge in [-0.25, -0.2) is 4.98 Å². The van der Waals surface area contributed by atoms with Gasteiger partial charge in [-0.15, -0.1) is 0 Å². The molecule has 1 atom stereocenters. The molecule has 2 aliphatic rings. The van der Waals surface area contributed by atoms with E-state index in [0.29, 0.717) is 24.6 Å². The number of hydrogen-bond acceptors (Lipinski definition) is 7. The van der Waals surface area contributed by atoms with Crippen LogP contribution in [0.3, 0.4) is 0 Å². The molecule has 3 heterocycles. The van der Waals surface area contributed by atoms with Crippen molar-refractivity contribution < 1.29 is 9.84 Å². The van der Waals surface area contributed by atoms with Gasteiger partial charge in [0.15, 0.2) is 0 Å². The van der Waals surface area contributed by atoms with Crippen LogP contribution >= 0.6 is 0 Å². The van der Waals surface area contributed by atoms with Crippen LogP contribution in [0, 0.1) is 0 Å². The second kappa shape index (κ2) is 12.1. The van der Waals surface area contributed by atoms with Crippen molar-refractivity contribution in [3.05, 3.63) is 42.2 Å². The van der Waals surface area contributed by atoms with Crippen molar-refractivity contribution in [3.8, 4) is 11.1 Å². The average Bonchev–Trinajstić information content (AvgIpc) is 3.29. The van der Waals surface area contributed by atoms with E-state index in [9.17, 15) is 5.11 Å². The number of fused-ring (bicyclic) bond motifs is 1. The van der Waals surface area contributed by atoms with Gasteiger partial charge in [0.1, 0.15) is 5.65 Å². The fourth-order valence-electron chi connectivity index (χ4n) is 5.94. The number of nitrogens with one attached hydrogen (secondary N) is 1. The fraction of sp³-hybridized carbons (Fsp3) is 0.600. The first-order valence-corrected chi connectivity index (χ1v) is 14.3. The van der Waals surface area contributed by atoms with Gasteiger partial charge in [-0.3, -0.25) is 9.80 Å². The Bertz CT molecular complexity index is 1180. The molecular weight excluding hydrogens is 476 g/mol. The summed E-state index contributed by atoms with van der Waals surface area (Å²) in [7, 11) is 1.70. The molecule has 2 aromatic heterocycles. The Hall–Kier alpha value is -2.52. The van der Waals surface area contributed by atoms with Crippen LogP contribution in [0.5, 0.6) is 0 Å². The molecule has 1 aliphatic heterocycles. The minimum absolute atomic E-state index is 0.117. The number of nitrogens with zero attached hydrogens (tertiary/aromatic N) is 5. The molecule has 2 fully saturated rings. The number of rotatable bonds is 9. The van der Waals surface area contributed by atoms with Crippen molar-refractivity contribution in [2.75, 3.05) is 45.2 Å². The van der Waals surface area contributed by atoms with Crippen molar-refractivity contribution in [1.29, 1.82) is 0 Å². The molecular formula is C30H44N6O2. The monoisotopic (exact) mass is 520 g/mol. The van der Waals surface area contributed by atoms with E-state index < -0.39 is 0 Å². The van der Waals surface area contributed by atoms with Crippen molar-refractivity contribution in [3.63, 3.8) is 0 Å². The van der Waals surface area contributed by atoms with Crippen LogP contribution in [0.2, 0.25) is 0 Å². The zero-order valence-corrected chi connectivity index (χ0v) is 23.4. The number of aromatic nitrogens is 3. The Morgan fingerprint density at radius 2 is 1.74 bits per heavy atom. The Balaban J connectivity index is 1.38. The van der Waals surface area contributed by atoms with Gasteiger partial charge in [-0.2, -0.15) is 4.98 Å². The minimum atomic E-state index is -0.185. The first-order chi connectivity index (χ1) is 18.4. The van der Waals surface area contributed by atoms with E-state index in [1.807, 2.05) is 6.20 Å². The van der Waals surface area contributed by atoms with Crippen LogP contribution < -0.4 is 5.32 Å². The van der Waals surface area contributed by atoms with E-state index in [4.69, 9.17) is 9.72 Å².